The quantitative estimate of drug-likeness (QED) is 0.163. The van der Waals surface area contributed by atoms with Crippen LogP contribution in [0.25, 0.3) is 10.8 Å². The Balaban J connectivity index is 1.66. The van der Waals surface area contributed by atoms with Crippen molar-refractivity contribution in [3.05, 3.63) is 75.3 Å². The number of alkyl halides is 3. The van der Waals surface area contributed by atoms with E-state index in [4.69, 9.17) is 18.5 Å². The molecule has 2 aromatic carbocycles. The first-order chi connectivity index (χ1) is 20.2. The summed E-state index contributed by atoms with van der Waals surface area (Å²) in [5, 5.41) is 14.1. The van der Waals surface area contributed by atoms with Gasteiger partial charge < -0.3 is 19.1 Å². The van der Waals surface area contributed by atoms with Gasteiger partial charge in [0.25, 0.3) is 12.0 Å². The average Bonchev–Trinajstić information content (AvgIpc) is 3.19. The normalized spacial score (nSPS) is 24.3. The molecule has 6 atom stereocenters. The first kappa shape index (κ1) is 32.4. The summed E-state index contributed by atoms with van der Waals surface area (Å²) >= 11 is 0. The topological polar surface area (TPSA) is 158 Å². The summed E-state index contributed by atoms with van der Waals surface area (Å²) < 4.78 is 93.2. The van der Waals surface area contributed by atoms with E-state index in [0.29, 0.717) is 5.39 Å². The molecule has 43 heavy (non-hydrogen) atoms. The number of aromatic amines is 1. The minimum Gasteiger partial charge on any atom is -0.462 e. The predicted molar refractivity (Wildman–Crippen MR) is 143 cm³/mol. The molecule has 12 nitrogen and oxygen atoms in total. The van der Waals surface area contributed by atoms with Crippen molar-refractivity contribution in [2.45, 2.75) is 63.4 Å². The van der Waals surface area contributed by atoms with Crippen LogP contribution in [0.3, 0.4) is 0 Å². The standard InChI is InChI=1S/C26H28F4N3O9P/c1-13(2)40-23(36)14(3)32-43(38,42-17-9-8-15-6-4-5-7-16(15)10-17)39-12-26(24(29)30)20(28)19(34)22(41-26)33-11-18(27)21(35)31-25(33)37/h4-11,13-14,19-20,22,24,34H,12H2,1-3H3,(H,32,38)(H,31,35,37). The summed E-state index contributed by atoms with van der Waals surface area (Å²) in [6.45, 7) is 2.79. The summed E-state index contributed by atoms with van der Waals surface area (Å²) in [4.78, 5) is 37.5. The Hall–Kier alpha value is -3.56. The van der Waals surface area contributed by atoms with Crippen molar-refractivity contribution in [3.8, 4) is 5.75 Å². The molecule has 234 valence electrons. The lowest BCUT2D eigenvalue weighted by Crippen LogP contribution is -2.51. The summed E-state index contributed by atoms with van der Waals surface area (Å²) in [6.07, 6.45) is -11.8. The van der Waals surface area contributed by atoms with Gasteiger partial charge in [-0.2, -0.15) is 9.48 Å². The highest BCUT2D eigenvalue weighted by atomic mass is 31.2. The van der Waals surface area contributed by atoms with Gasteiger partial charge in [0.1, 0.15) is 17.9 Å². The largest absolute Gasteiger partial charge is 0.462 e. The van der Waals surface area contributed by atoms with Crippen molar-refractivity contribution in [1.29, 1.82) is 0 Å². The maximum absolute atomic E-state index is 15.4. The lowest BCUT2D eigenvalue weighted by Gasteiger charge is -2.31. The molecule has 1 fully saturated rings. The Morgan fingerprint density at radius 1 is 1.19 bits per heavy atom. The predicted octanol–water partition coefficient (Wildman–Crippen LogP) is 3.19. The number of aromatic nitrogens is 2. The summed E-state index contributed by atoms with van der Waals surface area (Å²) in [7, 11) is -4.86. The monoisotopic (exact) mass is 633 g/mol. The summed E-state index contributed by atoms with van der Waals surface area (Å²) in [5.41, 5.74) is -6.21. The minimum atomic E-state index is -4.86. The van der Waals surface area contributed by atoms with Gasteiger partial charge in [-0.3, -0.25) is 23.7 Å². The molecule has 4 rings (SSSR count). The number of esters is 1. The van der Waals surface area contributed by atoms with Crippen LogP contribution in [0, 0.1) is 5.82 Å². The number of carbonyl (C=O) groups excluding carboxylic acids is 1. The van der Waals surface area contributed by atoms with Crippen LogP contribution in [0.4, 0.5) is 17.6 Å². The van der Waals surface area contributed by atoms with E-state index in [1.54, 1.807) is 49.2 Å². The van der Waals surface area contributed by atoms with Crippen molar-refractivity contribution in [1.82, 2.24) is 14.6 Å². The van der Waals surface area contributed by atoms with Crippen LogP contribution in [0.15, 0.2) is 58.3 Å². The second-order valence-corrected chi connectivity index (χ2v) is 11.7. The van der Waals surface area contributed by atoms with Gasteiger partial charge in [0, 0.05) is 0 Å². The number of benzene rings is 2. The van der Waals surface area contributed by atoms with E-state index in [-0.39, 0.29) is 16.5 Å². The minimum absolute atomic E-state index is 0.0811. The van der Waals surface area contributed by atoms with Gasteiger partial charge in [-0.15, -0.1) is 0 Å². The average molecular weight is 633 g/mol. The molecular formula is C26H28F4N3O9P. The van der Waals surface area contributed by atoms with Crippen LogP contribution in [-0.2, 0) is 23.4 Å². The molecule has 0 aliphatic carbocycles. The lowest BCUT2D eigenvalue weighted by molar-refractivity contribution is -0.183. The number of carbonyl (C=O) groups is 1. The van der Waals surface area contributed by atoms with E-state index >= 15 is 4.39 Å². The van der Waals surface area contributed by atoms with Crippen LogP contribution >= 0.6 is 7.75 Å². The van der Waals surface area contributed by atoms with Gasteiger partial charge in [-0.05, 0) is 43.7 Å². The molecule has 0 radical (unpaired) electrons. The third-order valence-corrected chi connectivity index (χ3v) is 8.05. The van der Waals surface area contributed by atoms with Gasteiger partial charge in [-0.1, -0.05) is 30.3 Å². The lowest BCUT2D eigenvalue weighted by atomic mass is 9.98. The molecule has 0 spiro atoms. The van der Waals surface area contributed by atoms with E-state index in [1.165, 1.54) is 19.1 Å². The second kappa shape index (κ2) is 12.6. The third-order valence-electron chi connectivity index (χ3n) is 6.43. The zero-order valence-corrected chi connectivity index (χ0v) is 23.8. The number of hydrogen-bond donors (Lipinski definition) is 3. The van der Waals surface area contributed by atoms with Gasteiger partial charge in [0.15, 0.2) is 18.0 Å². The Morgan fingerprint density at radius 3 is 2.51 bits per heavy atom. The molecule has 1 aliphatic rings. The first-order valence-electron chi connectivity index (χ1n) is 12.9. The maximum atomic E-state index is 15.4. The number of rotatable bonds is 11. The van der Waals surface area contributed by atoms with Crippen molar-refractivity contribution >= 4 is 24.5 Å². The van der Waals surface area contributed by atoms with Crippen molar-refractivity contribution in [2.75, 3.05) is 6.61 Å². The van der Waals surface area contributed by atoms with E-state index in [1.807, 2.05) is 0 Å². The molecule has 1 aromatic heterocycles. The third kappa shape index (κ3) is 6.83. The molecular weight excluding hydrogens is 605 g/mol. The highest BCUT2D eigenvalue weighted by Crippen LogP contribution is 2.50. The van der Waals surface area contributed by atoms with Crippen LogP contribution in [-0.4, -0.2) is 63.7 Å². The van der Waals surface area contributed by atoms with Crippen molar-refractivity contribution < 1.29 is 50.5 Å². The molecule has 0 saturated carbocycles. The first-order valence-corrected chi connectivity index (χ1v) is 14.4. The molecule has 17 heteroatoms. The SMILES string of the molecule is CC(C)OC(=O)C(C)NP(=O)(OCC1(C(F)F)OC(n2cc(F)c(=O)[nH]c2=O)C(O)C1F)Oc1ccc2ccccc2c1. The zero-order valence-electron chi connectivity index (χ0n) is 22.9. The molecule has 1 aliphatic heterocycles. The Bertz CT molecular complexity index is 1650. The molecule has 3 N–H and O–H groups in total. The Morgan fingerprint density at radius 2 is 1.86 bits per heavy atom. The second-order valence-electron chi connectivity index (χ2n) is 10.0. The maximum Gasteiger partial charge on any atom is 0.459 e. The number of hydrogen-bond acceptors (Lipinski definition) is 9. The van der Waals surface area contributed by atoms with E-state index in [9.17, 15) is 37.2 Å². The number of ether oxygens (including phenoxy) is 2. The zero-order chi connectivity index (χ0) is 31.7. The smallest absolute Gasteiger partial charge is 0.459 e. The highest BCUT2D eigenvalue weighted by molar-refractivity contribution is 7.52. The highest BCUT2D eigenvalue weighted by Gasteiger charge is 2.63. The summed E-state index contributed by atoms with van der Waals surface area (Å²) in [6, 6.07) is 10.0. The molecule has 0 bridgehead atoms. The number of nitrogens with zero attached hydrogens (tertiary/aromatic N) is 1. The fourth-order valence-electron chi connectivity index (χ4n) is 4.28. The van der Waals surface area contributed by atoms with Crippen LogP contribution in [0.2, 0.25) is 0 Å². The van der Waals surface area contributed by atoms with Crippen molar-refractivity contribution in [3.63, 3.8) is 0 Å². The van der Waals surface area contributed by atoms with Crippen molar-refractivity contribution in [2.24, 2.45) is 0 Å². The molecule has 6 unspecified atom stereocenters. The molecule has 3 aromatic rings. The van der Waals surface area contributed by atoms with E-state index in [0.717, 1.165) is 5.39 Å². The molecule has 1 saturated heterocycles. The van der Waals surface area contributed by atoms with Crippen LogP contribution in [0.1, 0.15) is 27.0 Å². The summed E-state index contributed by atoms with van der Waals surface area (Å²) in [5.74, 6) is -2.53. The molecule has 2 heterocycles. The number of aliphatic hydroxyl groups excluding tert-OH is 1. The van der Waals surface area contributed by atoms with E-state index in [2.05, 4.69) is 5.09 Å². The molecule has 0 amide bonds. The number of fused-ring (bicyclic) bond motifs is 1. The Kier molecular flexibility index (Phi) is 9.47. The number of halogens is 4. The van der Waals surface area contributed by atoms with Gasteiger partial charge in [0.2, 0.25) is 5.82 Å². The number of H-pyrrole nitrogens is 1. The number of aliphatic hydroxyl groups is 1. The fourth-order valence-corrected chi connectivity index (χ4v) is 5.80. The van der Waals surface area contributed by atoms with E-state index < -0.39 is 80.1 Å². The van der Waals surface area contributed by atoms with Gasteiger partial charge in [0.05, 0.1) is 18.9 Å². The fraction of sp³-hybridized carbons (Fsp3) is 0.423. The van der Waals surface area contributed by atoms with Crippen LogP contribution < -0.4 is 20.9 Å². The Labute approximate surface area is 241 Å². The van der Waals surface area contributed by atoms with Gasteiger partial charge in [-0.25, -0.2) is 22.5 Å². The number of nitrogens with one attached hydrogen (secondary N) is 2. The van der Waals surface area contributed by atoms with Gasteiger partial charge >= 0.3 is 19.4 Å². The van der Waals surface area contributed by atoms with Crippen LogP contribution in [0.5, 0.6) is 5.75 Å².